The van der Waals surface area contributed by atoms with Crippen molar-refractivity contribution in [3.8, 4) is 0 Å². The minimum atomic E-state index is -0.00755. The fourth-order valence-electron chi connectivity index (χ4n) is 2.03. The molecule has 2 aliphatic rings. The van der Waals surface area contributed by atoms with Crippen LogP contribution in [0.3, 0.4) is 0 Å². The SMILES string of the molecule is C/C=C1\OC(=O)C2CCC1C2. The molecule has 1 saturated heterocycles. The molecule has 0 aromatic heterocycles. The van der Waals surface area contributed by atoms with Crippen molar-refractivity contribution in [1.82, 2.24) is 0 Å². The van der Waals surface area contributed by atoms with E-state index in [-0.39, 0.29) is 11.9 Å². The van der Waals surface area contributed by atoms with Crippen LogP contribution in [0.1, 0.15) is 26.2 Å². The Balaban J connectivity index is 2.24. The van der Waals surface area contributed by atoms with Gasteiger partial charge < -0.3 is 4.74 Å². The molecule has 0 amide bonds. The standard InChI is InChI=1S/C9H12O2/c1-2-8-6-3-4-7(5-6)9(10)11-8/h2,6-7H,3-5H2,1H3/b8-2-. The minimum absolute atomic E-state index is 0.00755. The third-order valence-electron chi connectivity index (χ3n) is 2.67. The van der Waals surface area contributed by atoms with Gasteiger partial charge in [0.2, 0.25) is 0 Å². The Hall–Kier alpha value is -0.790. The molecular weight excluding hydrogens is 140 g/mol. The van der Waals surface area contributed by atoms with Gasteiger partial charge in [0.15, 0.2) is 0 Å². The predicted molar refractivity (Wildman–Crippen MR) is 40.7 cm³/mol. The molecule has 2 unspecified atom stereocenters. The summed E-state index contributed by atoms with van der Waals surface area (Å²) >= 11 is 0. The molecule has 0 radical (unpaired) electrons. The summed E-state index contributed by atoms with van der Waals surface area (Å²) in [6.45, 7) is 1.93. The number of allylic oxidation sites excluding steroid dienone is 2. The molecule has 0 aromatic carbocycles. The van der Waals surface area contributed by atoms with E-state index in [0.717, 1.165) is 25.0 Å². The molecule has 0 N–H and O–H groups in total. The van der Waals surface area contributed by atoms with Crippen molar-refractivity contribution in [2.75, 3.05) is 0 Å². The second-order valence-electron chi connectivity index (χ2n) is 3.32. The lowest BCUT2D eigenvalue weighted by atomic mass is 10.00. The molecule has 2 atom stereocenters. The number of ether oxygens (including phenoxy) is 1. The molecule has 2 heteroatoms. The Kier molecular flexibility index (Phi) is 1.48. The lowest BCUT2D eigenvalue weighted by Crippen LogP contribution is -2.21. The third kappa shape index (κ3) is 0.971. The van der Waals surface area contributed by atoms with E-state index in [1.54, 1.807) is 0 Å². The molecule has 2 bridgehead atoms. The fraction of sp³-hybridized carbons (Fsp3) is 0.667. The molecule has 1 aliphatic carbocycles. The average Bonchev–Trinajstić information content (AvgIpc) is 2.43. The maximum absolute atomic E-state index is 11.2. The number of fused-ring (bicyclic) bond motifs is 2. The predicted octanol–water partition coefficient (Wildman–Crippen LogP) is 1.86. The van der Waals surface area contributed by atoms with E-state index in [2.05, 4.69) is 0 Å². The zero-order valence-electron chi connectivity index (χ0n) is 6.67. The molecule has 1 heterocycles. The summed E-state index contributed by atoms with van der Waals surface area (Å²) in [5, 5.41) is 0. The molecule has 0 spiro atoms. The molecule has 60 valence electrons. The summed E-state index contributed by atoms with van der Waals surface area (Å²) in [6.07, 6.45) is 5.11. The van der Waals surface area contributed by atoms with Crippen LogP contribution in [0.25, 0.3) is 0 Å². The highest BCUT2D eigenvalue weighted by Crippen LogP contribution is 2.41. The number of rotatable bonds is 0. The van der Waals surface area contributed by atoms with E-state index in [4.69, 9.17) is 4.74 Å². The van der Waals surface area contributed by atoms with Crippen molar-refractivity contribution in [1.29, 1.82) is 0 Å². The van der Waals surface area contributed by atoms with Gasteiger partial charge in [-0.2, -0.15) is 0 Å². The van der Waals surface area contributed by atoms with Gasteiger partial charge in [-0.15, -0.1) is 0 Å². The zero-order valence-corrected chi connectivity index (χ0v) is 6.67. The first-order chi connectivity index (χ1) is 5.31. The van der Waals surface area contributed by atoms with Crippen LogP contribution in [0, 0.1) is 11.8 Å². The highest BCUT2D eigenvalue weighted by molar-refractivity contribution is 5.75. The maximum atomic E-state index is 11.2. The van der Waals surface area contributed by atoms with E-state index in [1.165, 1.54) is 0 Å². The lowest BCUT2D eigenvalue weighted by Gasteiger charge is -2.20. The number of cyclic esters (lactones) is 1. The van der Waals surface area contributed by atoms with E-state index in [1.807, 2.05) is 13.0 Å². The molecule has 11 heavy (non-hydrogen) atoms. The summed E-state index contributed by atoms with van der Waals surface area (Å²) in [4.78, 5) is 11.2. The topological polar surface area (TPSA) is 26.3 Å². The molecule has 1 saturated carbocycles. The Bertz CT molecular complexity index is 218. The molecular formula is C9H12O2. The Morgan fingerprint density at radius 1 is 1.45 bits per heavy atom. The number of carbonyl (C=O) groups is 1. The van der Waals surface area contributed by atoms with Crippen LogP contribution in [0.5, 0.6) is 0 Å². The first kappa shape index (κ1) is 6.89. The van der Waals surface area contributed by atoms with Crippen molar-refractivity contribution in [2.45, 2.75) is 26.2 Å². The Labute approximate surface area is 66.2 Å². The molecule has 2 rings (SSSR count). The van der Waals surface area contributed by atoms with Crippen molar-refractivity contribution < 1.29 is 9.53 Å². The second kappa shape index (κ2) is 2.36. The van der Waals surface area contributed by atoms with Gasteiger partial charge in [-0.3, -0.25) is 4.79 Å². The molecule has 2 fully saturated rings. The summed E-state index contributed by atoms with van der Waals surface area (Å²) in [5.74, 6) is 1.65. The van der Waals surface area contributed by atoms with Gasteiger partial charge in [0.25, 0.3) is 0 Å². The summed E-state index contributed by atoms with van der Waals surface area (Å²) in [7, 11) is 0. The lowest BCUT2D eigenvalue weighted by molar-refractivity contribution is -0.147. The summed E-state index contributed by atoms with van der Waals surface area (Å²) < 4.78 is 5.14. The van der Waals surface area contributed by atoms with Crippen LogP contribution in [-0.2, 0) is 9.53 Å². The van der Waals surface area contributed by atoms with Gasteiger partial charge in [-0.25, -0.2) is 0 Å². The molecule has 1 aliphatic heterocycles. The van der Waals surface area contributed by atoms with Gasteiger partial charge >= 0.3 is 5.97 Å². The number of esters is 1. The normalized spacial score (nSPS) is 39.4. The first-order valence-corrected chi connectivity index (χ1v) is 4.19. The fourth-order valence-corrected chi connectivity index (χ4v) is 2.03. The van der Waals surface area contributed by atoms with Crippen molar-refractivity contribution in [3.63, 3.8) is 0 Å². The van der Waals surface area contributed by atoms with Crippen molar-refractivity contribution >= 4 is 5.97 Å². The highest BCUT2D eigenvalue weighted by Gasteiger charge is 2.39. The van der Waals surface area contributed by atoms with Gasteiger partial charge in [-0.1, -0.05) is 0 Å². The van der Waals surface area contributed by atoms with Gasteiger partial charge in [-0.05, 0) is 32.3 Å². The second-order valence-corrected chi connectivity index (χ2v) is 3.32. The van der Waals surface area contributed by atoms with Crippen LogP contribution >= 0.6 is 0 Å². The van der Waals surface area contributed by atoms with Crippen molar-refractivity contribution in [2.24, 2.45) is 11.8 Å². The molecule has 2 nitrogen and oxygen atoms in total. The Morgan fingerprint density at radius 2 is 2.18 bits per heavy atom. The number of hydrogen-bond donors (Lipinski definition) is 0. The van der Waals surface area contributed by atoms with Gasteiger partial charge in [0, 0.05) is 5.92 Å². The van der Waals surface area contributed by atoms with E-state index in [9.17, 15) is 4.79 Å². The number of carbonyl (C=O) groups excluding carboxylic acids is 1. The van der Waals surface area contributed by atoms with E-state index >= 15 is 0 Å². The summed E-state index contributed by atoms with van der Waals surface area (Å²) in [5.41, 5.74) is 0. The average molecular weight is 152 g/mol. The minimum Gasteiger partial charge on any atom is -0.431 e. The molecule has 0 aromatic rings. The zero-order chi connectivity index (χ0) is 7.84. The third-order valence-corrected chi connectivity index (χ3v) is 2.67. The van der Waals surface area contributed by atoms with Gasteiger partial charge in [0.1, 0.15) is 5.76 Å². The maximum Gasteiger partial charge on any atom is 0.314 e. The highest BCUT2D eigenvalue weighted by atomic mass is 16.5. The van der Waals surface area contributed by atoms with Crippen LogP contribution < -0.4 is 0 Å². The van der Waals surface area contributed by atoms with Crippen LogP contribution in [-0.4, -0.2) is 5.97 Å². The Morgan fingerprint density at radius 3 is 2.91 bits per heavy atom. The quantitative estimate of drug-likeness (QED) is 0.495. The smallest absolute Gasteiger partial charge is 0.314 e. The van der Waals surface area contributed by atoms with Crippen molar-refractivity contribution in [3.05, 3.63) is 11.8 Å². The number of hydrogen-bond acceptors (Lipinski definition) is 2. The summed E-state index contributed by atoms with van der Waals surface area (Å²) in [6, 6.07) is 0. The van der Waals surface area contributed by atoms with Crippen LogP contribution in [0.4, 0.5) is 0 Å². The van der Waals surface area contributed by atoms with Crippen LogP contribution in [0.15, 0.2) is 11.8 Å². The van der Waals surface area contributed by atoms with E-state index < -0.39 is 0 Å². The first-order valence-electron chi connectivity index (χ1n) is 4.19. The van der Waals surface area contributed by atoms with E-state index in [0.29, 0.717) is 5.92 Å². The largest absolute Gasteiger partial charge is 0.431 e. The van der Waals surface area contributed by atoms with Gasteiger partial charge in [0.05, 0.1) is 5.92 Å². The van der Waals surface area contributed by atoms with Crippen LogP contribution in [0.2, 0.25) is 0 Å². The monoisotopic (exact) mass is 152 g/mol.